The van der Waals surface area contributed by atoms with Gasteiger partial charge >= 0.3 is 0 Å². The van der Waals surface area contributed by atoms with Crippen LogP contribution in [0.4, 0.5) is 5.69 Å². The minimum Gasteiger partial charge on any atom is -0.367 e. The van der Waals surface area contributed by atoms with E-state index in [0.29, 0.717) is 11.3 Å². The molecule has 1 aliphatic carbocycles. The van der Waals surface area contributed by atoms with Gasteiger partial charge in [-0.15, -0.1) is 0 Å². The van der Waals surface area contributed by atoms with Crippen LogP contribution < -0.4 is 10.6 Å². The molecule has 3 heterocycles. The van der Waals surface area contributed by atoms with E-state index in [1.54, 1.807) is 0 Å². The minimum absolute atomic E-state index is 0.222. The van der Waals surface area contributed by atoms with E-state index in [1.165, 1.54) is 30.6 Å². The van der Waals surface area contributed by atoms with Crippen LogP contribution in [-0.2, 0) is 5.41 Å². The number of hydrogen-bond donors (Lipinski definition) is 2. The molecule has 1 aromatic heterocycles. The summed E-state index contributed by atoms with van der Waals surface area (Å²) in [6, 6.07) is 3.93. The van der Waals surface area contributed by atoms with Crippen LogP contribution in [0.15, 0.2) is 12.1 Å². The quantitative estimate of drug-likeness (QED) is 0.677. The van der Waals surface area contributed by atoms with Gasteiger partial charge in [-0.05, 0) is 30.9 Å². The molecule has 3 aliphatic rings. The summed E-state index contributed by atoms with van der Waals surface area (Å²) in [5.74, 6) is 0.734. The van der Waals surface area contributed by atoms with Crippen molar-refractivity contribution in [3.05, 3.63) is 23.0 Å². The van der Waals surface area contributed by atoms with Crippen LogP contribution >= 0.6 is 11.6 Å². The Morgan fingerprint density at radius 3 is 3.31 bits per heavy atom. The third-order valence-corrected chi connectivity index (χ3v) is 4.77. The molecule has 1 saturated carbocycles. The molecule has 2 N–H and O–H groups in total. The summed E-state index contributed by atoms with van der Waals surface area (Å²) < 4.78 is 0. The number of hydrogen-bond acceptors (Lipinski definition) is 3. The van der Waals surface area contributed by atoms with E-state index in [9.17, 15) is 0 Å². The lowest BCUT2D eigenvalue weighted by molar-refractivity contribution is 0.360. The van der Waals surface area contributed by atoms with Gasteiger partial charge in [0.05, 0.1) is 23.0 Å². The van der Waals surface area contributed by atoms with E-state index >= 15 is 0 Å². The SMILES string of the molecule is Clc1ccc2c(n1)[C@]13CCC[C@H]1CN[C@@H]3N2. The molecule has 2 aliphatic heterocycles. The highest BCUT2D eigenvalue weighted by molar-refractivity contribution is 6.29. The first-order valence-electron chi connectivity index (χ1n) is 5.98. The average molecular weight is 236 g/mol. The molecule has 1 saturated heterocycles. The monoisotopic (exact) mass is 235 g/mol. The van der Waals surface area contributed by atoms with Crippen molar-refractivity contribution in [3.8, 4) is 0 Å². The maximum Gasteiger partial charge on any atom is 0.129 e. The number of aromatic nitrogens is 1. The van der Waals surface area contributed by atoms with Gasteiger partial charge in [-0.3, -0.25) is 5.32 Å². The van der Waals surface area contributed by atoms with Crippen LogP contribution in [0.1, 0.15) is 25.0 Å². The molecular formula is C12H14ClN3. The fourth-order valence-electron chi connectivity index (χ4n) is 3.90. The first kappa shape index (κ1) is 9.25. The normalized spacial score (nSPS) is 39.1. The van der Waals surface area contributed by atoms with Crippen LogP contribution in [0, 0.1) is 5.92 Å². The number of nitrogens with zero attached hydrogens (tertiary/aromatic N) is 1. The summed E-state index contributed by atoms with van der Waals surface area (Å²) in [6.45, 7) is 1.12. The van der Waals surface area contributed by atoms with E-state index in [4.69, 9.17) is 11.6 Å². The van der Waals surface area contributed by atoms with Gasteiger partial charge in [-0.25, -0.2) is 4.98 Å². The summed E-state index contributed by atoms with van der Waals surface area (Å²) in [7, 11) is 0. The Morgan fingerprint density at radius 2 is 2.38 bits per heavy atom. The maximum absolute atomic E-state index is 6.04. The fourth-order valence-corrected chi connectivity index (χ4v) is 4.05. The topological polar surface area (TPSA) is 37.0 Å². The van der Waals surface area contributed by atoms with Gasteiger partial charge in [0.1, 0.15) is 5.15 Å². The summed E-state index contributed by atoms with van der Waals surface area (Å²) in [6.07, 6.45) is 4.25. The zero-order chi connectivity index (χ0) is 10.8. The van der Waals surface area contributed by atoms with Gasteiger partial charge < -0.3 is 5.32 Å². The molecule has 1 aromatic rings. The van der Waals surface area contributed by atoms with E-state index in [1.807, 2.05) is 6.07 Å². The van der Waals surface area contributed by atoms with Crippen LogP contribution in [0.2, 0.25) is 5.15 Å². The van der Waals surface area contributed by atoms with Gasteiger partial charge in [0.15, 0.2) is 0 Å². The maximum atomic E-state index is 6.04. The molecule has 2 fully saturated rings. The van der Waals surface area contributed by atoms with Crippen LogP contribution in [0.25, 0.3) is 0 Å². The fraction of sp³-hybridized carbons (Fsp3) is 0.583. The van der Waals surface area contributed by atoms with Crippen LogP contribution in [-0.4, -0.2) is 17.7 Å². The second-order valence-electron chi connectivity index (χ2n) is 5.15. The molecule has 0 radical (unpaired) electrons. The Balaban J connectivity index is 1.94. The number of anilines is 1. The van der Waals surface area contributed by atoms with Crippen molar-refractivity contribution in [2.45, 2.75) is 30.8 Å². The Hall–Kier alpha value is -0.800. The first-order valence-corrected chi connectivity index (χ1v) is 6.35. The molecule has 1 spiro atoms. The van der Waals surface area contributed by atoms with Crippen molar-refractivity contribution < 1.29 is 0 Å². The first-order chi connectivity index (χ1) is 7.80. The summed E-state index contributed by atoms with van der Waals surface area (Å²) in [5, 5.41) is 7.76. The molecular weight excluding hydrogens is 222 g/mol. The van der Waals surface area contributed by atoms with Gasteiger partial charge in [-0.1, -0.05) is 18.0 Å². The second kappa shape index (κ2) is 2.90. The van der Waals surface area contributed by atoms with Crippen molar-refractivity contribution in [1.82, 2.24) is 10.3 Å². The Morgan fingerprint density at radius 1 is 1.44 bits per heavy atom. The van der Waals surface area contributed by atoms with Gasteiger partial charge in [-0.2, -0.15) is 0 Å². The highest BCUT2D eigenvalue weighted by Gasteiger charge is 2.59. The zero-order valence-corrected chi connectivity index (χ0v) is 9.72. The number of halogens is 1. The molecule has 0 bridgehead atoms. The van der Waals surface area contributed by atoms with Gasteiger partial charge in [0.2, 0.25) is 0 Å². The lowest BCUT2D eigenvalue weighted by Crippen LogP contribution is -2.41. The Kier molecular flexibility index (Phi) is 1.68. The van der Waals surface area contributed by atoms with Crippen molar-refractivity contribution >= 4 is 17.3 Å². The molecule has 3 nitrogen and oxygen atoms in total. The van der Waals surface area contributed by atoms with Crippen molar-refractivity contribution in [3.63, 3.8) is 0 Å². The highest BCUT2D eigenvalue weighted by Crippen LogP contribution is 2.55. The number of nitrogens with one attached hydrogen (secondary N) is 2. The van der Waals surface area contributed by atoms with Crippen molar-refractivity contribution in [2.75, 3.05) is 11.9 Å². The Labute approximate surface area is 99.6 Å². The highest BCUT2D eigenvalue weighted by atomic mass is 35.5. The standard InChI is InChI=1S/C12H14ClN3/c13-9-4-3-8-10(16-9)12-5-1-2-7(12)6-14-11(12)15-8/h3-4,7,11,14-15H,1-2,5-6H2/t7-,11+,12-/m0/s1. The molecule has 84 valence electrons. The summed E-state index contributed by atoms with van der Waals surface area (Å²) >= 11 is 6.04. The average Bonchev–Trinajstić information content (AvgIpc) is 2.88. The molecule has 3 atom stereocenters. The molecule has 4 heteroatoms. The third-order valence-electron chi connectivity index (χ3n) is 4.56. The largest absolute Gasteiger partial charge is 0.367 e. The predicted molar refractivity (Wildman–Crippen MR) is 63.7 cm³/mol. The lowest BCUT2D eigenvalue weighted by atomic mass is 9.77. The van der Waals surface area contributed by atoms with E-state index in [-0.39, 0.29) is 5.41 Å². The second-order valence-corrected chi connectivity index (χ2v) is 5.53. The smallest absolute Gasteiger partial charge is 0.129 e. The van der Waals surface area contributed by atoms with E-state index < -0.39 is 0 Å². The minimum atomic E-state index is 0.222. The molecule has 0 unspecified atom stereocenters. The number of fused-ring (bicyclic) bond motifs is 1. The number of pyridine rings is 1. The van der Waals surface area contributed by atoms with Crippen molar-refractivity contribution in [2.24, 2.45) is 5.92 Å². The van der Waals surface area contributed by atoms with Gasteiger partial charge in [0.25, 0.3) is 0 Å². The Bertz CT molecular complexity index is 462. The van der Waals surface area contributed by atoms with E-state index in [2.05, 4.69) is 21.7 Å². The summed E-state index contributed by atoms with van der Waals surface area (Å²) in [5.41, 5.74) is 2.60. The van der Waals surface area contributed by atoms with Crippen LogP contribution in [0.5, 0.6) is 0 Å². The number of rotatable bonds is 0. The van der Waals surface area contributed by atoms with Crippen LogP contribution in [0.3, 0.4) is 0 Å². The third kappa shape index (κ3) is 0.920. The summed E-state index contributed by atoms with van der Waals surface area (Å²) in [4.78, 5) is 4.59. The van der Waals surface area contributed by atoms with Crippen molar-refractivity contribution in [1.29, 1.82) is 0 Å². The molecule has 4 rings (SSSR count). The lowest BCUT2D eigenvalue weighted by Gasteiger charge is -2.27. The molecule has 0 aromatic carbocycles. The molecule has 0 amide bonds. The van der Waals surface area contributed by atoms with E-state index in [0.717, 1.165) is 12.5 Å². The zero-order valence-electron chi connectivity index (χ0n) is 8.96. The van der Waals surface area contributed by atoms with Gasteiger partial charge in [0, 0.05) is 6.54 Å². The molecule has 16 heavy (non-hydrogen) atoms. The predicted octanol–water partition coefficient (Wildman–Crippen LogP) is 2.13.